The van der Waals surface area contributed by atoms with Crippen molar-refractivity contribution in [2.24, 2.45) is 0 Å². The Morgan fingerprint density at radius 1 is 0.773 bits per heavy atom. The Bertz CT molecular complexity index is 891. The molecule has 2 aromatic rings. The standard InChI is InChI=1S/C12H8F2O5S2.Na/c13-8-4-9(14)6-12(5-8)20(15,16)10-2-1-3-11(7-10)21(17,18)19;/h1-7H,(H,17,18,19);/q;+1/p-1. The third-order valence-electron chi connectivity index (χ3n) is 2.55. The summed E-state index contributed by atoms with van der Waals surface area (Å²) >= 11 is 0. The Hall–Kier alpha value is -0.840. The van der Waals surface area contributed by atoms with Gasteiger partial charge in [-0.05, 0) is 30.3 Å². The van der Waals surface area contributed by atoms with E-state index in [0.717, 1.165) is 18.2 Å². The van der Waals surface area contributed by atoms with Crippen molar-refractivity contribution in [3.05, 3.63) is 54.1 Å². The molecule has 0 atom stereocenters. The zero-order valence-corrected chi connectivity index (χ0v) is 14.8. The number of benzene rings is 2. The monoisotopic (exact) mass is 356 g/mol. The van der Waals surface area contributed by atoms with Gasteiger partial charge in [-0.15, -0.1) is 0 Å². The fourth-order valence-corrected chi connectivity index (χ4v) is 3.56. The SMILES string of the molecule is O=S(=O)([O-])c1cccc(S(=O)(=O)c2cc(F)cc(F)c2)c1.[Na+]. The maximum Gasteiger partial charge on any atom is 1.00 e. The summed E-state index contributed by atoms with van der Waals surface area (Å²) in [7, 11) is -9.20. The summed E-state index contributed by atoms with van der Waals surface area (Å²) in [4.78, 5) is -1.98. The first-order valence-corrected chi connectivity index (χ1v) is 8.27. The zero-order valence-electron chi connectivity index (χ0n) is 11.2. The first-order chi connectivity index (χ1) is 9.60. The molecule has 0 fully saturated rings. The van der Waals surface area contributed by atoms with Crippen molar-refractivity contribution in [3.63, 3.8) is 0 Å². The maximum absolute atomic E-state index is 13.1. The van der Waals surface area contributed by atoms with Gasteiger partial charge >= 0.3 is 29.6 Å². The number of sulfone groups is 1. The molecule has 0 aromatic heterocycles. The van der Waals surface area contributed by atoms with Gasteiger partial charge in [0.2, 0.25) is 9.84 Å². The molecule has 0 amide bonds. The molecule has 2 aromatic carbocycles. The minimum Gasteiger partial charge on any atom is -0.744 e. The average molecular weight is 356 g/mol. The molecule has 0 saturated carbocycles. The summed E-state index contributed by atoms with van der Waals surface area (Å²) < 4.78 is 83.2. The molecule has 0 unspecified atom stereocenters. The van der Waals surface area contributed by atoms with Gasteiger partial charge in [0, 0.05) is 6.07 Å². The van der Waals surface area contributed by atoms with Crippen LogP contribution in [0.4, 0.5) is 8.78 Å². The van der Waals surface area contributed by atoms with E-state index in [1.807, 2.05) is 0 Å². The fourth-order valence-electron chi connectivity index (χ4n) is 1.62. The molecule has 0 bridgehead atoms. The van der Waals surface area contributed by atoms with Gasteiger partial charge in [0.05, 0.1) is 14.7 Å². The van der Waals surface area contributed by atoms with Crippen molar-refractivity contribution in [2.45, 2.75) is 14.7 Å². The first kappa shape index (κ1) is 19.2. The summed E-state index contributed by atoms with van der Waals surface area (Å²) in [5.74, 6) is -2.19. The smallest absolute Gasteiger partial charge is 0.744 e. The number of halogens is 2. The van der Waals surface area contributed by atoms with Gasteiger partial charge in [-0.2, -0.15) is 0 Å². The zero-order chi connectivity index (χ0) is 15.8. The normalized spacial score (nSPS) is 11.8. The largest absolute Gasteiger partial charge is 1.00 e. The Balaban J connectivity index is 0.00000242. The topological polar surface area (TPSA) is 91.3 Å². The molecular weight excluding hydrogens is 349 g/mol. The first-order valence-electron chi connectivity index (χ1n) is 5.38. The Morgan fingerprint density at radius 3 is 1.77 bits per heavy atom. The molecule has 0 aliphatic carbocycles. The van der Waals surface area contributed by atoms with E-state index in [1.54, 1.807) is 0 Å². The summed E-state index contributed by atoms with van der Waals surface area (Å²) in [5, 5.41) is 0. The van der Waals surface area contributed by atoms with Gasteiger partial charge in [-0.25, -0.2) is 25.6 Å². The van der Waals surface area contributed by atoms with Crippen LogP contribution in [0.2, 0.25) is 0 Å². The van der Waals surface area contributed by atoms with Crippen molar-refractivity contribution in [1.82, 2.24) is 0 Å². The van der Waals surface area contributed by atoms with Crippen LogP contribution in [0.3, 0.4) is 0 Å². The molecule has 10 heteroatoms. The van der Waals surface area contributed by atoms with E-state index in [-0.39, 0.29) is 29.6 Å². The van der Waals surface area contributed by atoms with Gasteiger partial charge in [0.1, 0.15) is 21.8 Å². The summed E-state index contributed by atoms with van der Waals surface area (Å²) in [6, 6.07) is 5.32. The fraction of sp³-hybridized carbons (Fsp3) is 0. The maximum atomic E-state index is 13.1. The molecule has 0 aliphatic rings. The minimum atomic E-state index is -4.85. The Kier molecular flexibility index (Phi) is 5.88. The molecule has 5 nitrogen and oxygen atoms in total. The molecule has 112 valence electrons. The van der Waals surface area contributed by atoms with Gasteiger partial charge in [-0.3, -0.25) is 0 Å². The predicted octanol–water partition coefficient (Wildman–Crippen LogP) is -1.29. The van der Waals surface area contributed by atoms with Gasteiger partial charge in [-0.1, -0.05) is 6.07 Å². The molecule has 0 spiro atoms. The van der Waals surface area contributed by atoms with Gasteiger partial charge in [0.25, 0.3) is 0 Å². The van der Waals surface area contributed by atoms with Crippen LogP contribution >= 0.6 is 0 Å². The quantitative estimate of drug-likeness (QED) is 0.504. The Morgan fingerprint density at radius 2 is 1.27 bits per heavy atom. The molecule has 2 rings (SSSR count). The molecular formula is C12H7F2NaO5S2. The second-order valence-electron chi connectivity index (χ2n) is 4.04. The molecule has 0 saturated heterocycles. The number of rotatable bonds is 3. The summed E-state index contributed by atoms with van der Waals surface area (Å²) in [6.07, 6.45) is 0. The third-order valence-corrected chi connectivity index (χ3v) is 5.11. The number of hydrogen-bond acceptors (Lipinski definition) is 5. The van der Waals surface area contributed by atoms with Crippen LogP contribution in [0.25, 0.3) is 0 Å². The molecule has 22 heavy (non-hydrogen) atoms. The van der Waals surface area contributed by atoms with Gasteiger partial charge < -0.3 is 4.55 Å². The van der Waals surface area contributed by atoms with Crippen LogP contribution in [0.5, 0.6) is 0 Å². The van der Waals surface area contributed by atoms with Crippen LogP contribution in [-0.4, -0.2) is 21.4 Å². The molecule has 0 aliphatic heterocycles. The van der Waals surface area contributed by atoms with Crippen LogP contribution < -0.4 is 29.6 Å². The van der Waals surface area contributed by atoms with Crippen LogP contribution in [-0.2, 0) is 20.0 Å². The van der Waals surface area contributed by atoms with E-state index in [0.29, 0.717) is 24.3 Å². The molecule has 0 N–H and O–H groups in total. The van der Waals surface area contributed by atoms with E-state index in [2.05, 4.69) is 0 Å². The van der Waals surface area contributed by atoms with E-state index >= 15 is 0 Å². The minimum absolute atomic E-state index is 0. The second-order valence-corrected chi connectivity index (χ2v) is 7.37. The average Bonchev–Trinajstić information content (AvgIpc) is 2.36. The second kappa shape index (κ2) is 6.73. The predicted molar refractivity (Wildman–Crippen MR) is 66.2 cm³/mol. The van der Waals surface area contributed by atoms with Crippen LogP contribution in [0.15, 0.2) is 57.2 Å². The molecule has 0 heterocycles. The third kappa shape index (κ3) is 4.12. The van der Waals surface area contributed by atoms with Crippen molar-refractivity contribution in [3.8, 4) is 0 Å². The van der Waals surface area contributed by atoms with Crippen LogP contribution in [0, 0.1) is 11.6 Å². The van der Waals surface area contributed by atoms with Crippen molar-refractivity contribution in [2.75, 3.05) is 0 Å². The summed E-state index contributed by atoms with van der Waals surface area (Å²) in [5.41, 5.74) is 0. The van der Waals surface area contributed by atoms with Crippen LogP contribution in [0.1, 0.15) is 0 Å². The van der Waals surface area contributed by atoms with E-state index in [1.165, 1.54) is 0 Å². The summed E-state index contributed by atoms with van der Waals surface area (Å²) in [6.45, 7) is 0. The van der Waals surface area contributed by atoms with Gasteiger partial charge in [0.15, 0.2) is 0 Å². The number of hydrogen-bond donors (Lipinski definition) is 0. The van der Waals surface area contributed by atoms with Crippen molar-refractivity contribution < 1.29 is 59.7 Å². The van der Waals surface area contributed by atoms with Crippen molar-refractivity contribution in [1.29, 1.82) is 0 Å². The van der Waals surface area contributed by atoms with E-state index in [4.69, 9.17) is 0 Å². The van der Waals surface area contributed by atoms with E-state index < -0.39 is 46.3 Å². The Labute approximate surface area is 147 Å². The van der Waals surface area contributed by atoms with E-state index in [9.17, 15) is 30.2 Å². The van der Waals surface area contributed by atoms with Crippen molar-refractivity contribution >= 4 is 20.0 Å². The molecule has 0 radical (unpaired) electrons.